The van der Waals surface area contributed by atoms with Gasteiger partial charge in [0, 0.05) is 11.1 Å². The zero-order valence-corrected chi connectivity index (χ0v) is 10.8. The maximum absolute atomic E-state index is 9.78. The number of aromatic hydroxyl groups is 2. The lowest BCUT2D eigenvalue weighted by Crippen LogP contribution is -1.90. The molecule has 0 aliphatic heterocycles. The van der Waals surface area contributed by atoms with Gasteiger partial charge in [-0.1, -0.05) is 6.08 Å². The summed E-state index contributed by atoms with van der Waals surface area (Å²) in [6.45, 7) is 5.31. The molecular formula is C10H10Br2O2. The van der Waals surface area contributed by atoms with Crippen LogP contribution in [0.25, 0.3) is 0 Å². The molecule has 0 amide bonds. The van der Waals surface area contributed by atoms with Gasteiger partial charge in [0.1, 0.15) is 11.5 Å². The first-order chi connectivity index (χ1) is 6.50. The summed E-state index contributed by atoms with van der Waals surface area (Å²) < 4.78 is 1.05. The summed E-state index contributed by atoms with van der Waals surface area (Å²) in [5.74, 6) is 0.290. The van der Waals surface area contributed by atoms with Crippen molar-refractivity contribution in [2.75, 3.05) is 0 Å². The Balaban J connectivity index is 3.50. The molecule has 0 unspecified atom stereocenters. The smallest absolute Gasteiger partial charge is 0.134 e. The molecule has 0 bridgehead atoms. The van der Waals surface area contributed by atoms with Gasteiger partial charge in [-0.05, 0) is 45.2 Å². The van der Waals surface area contributed by atoms with Crippen molar-refractivity contribution in [2.24, 2.45) is 0 Å². The second-order valence-electron chi connectivity index (χ2n) is 2.92. The van der Waals surface area contributed by atoms with Gasteiger partial charge in [-0.25, -0.2) is 0 Å². The minimum absolute atomic E-state index is 0.145. The van der Waals surface area contributed by atoms with Crippen LogP contribution in [-0.4, -0.2) is 10.2 Å². The van der Waals surface area contributed by atoms with Gasteiger partial charge in [-0.15, -0.1) is 6.58 Å². The Morgan fingerprint density at radius 1 is 1.21 bits per heavy atom. The molecule has 76 valence electrons. The molecule has 0 aliphatic carbocycles. The average Bonchev–Trinajstić information content (AvgIpc) is 2.19. The average molecular weight is 322 g/mol. The first-order valence-electron chi connectivity index (χ1n) is 4.00. The monoisotopic (exact) mass is 320 g/mol. The predicted octanol–water partition coefficient (Wildman–Crippen LogP) is 3.66. The minimum atomic E-state index is 0.145. The largest absolute Gasteiger partial charge is 0.506 e. The van der Waals surface area contributed by atoms with E-state index in [9.17, 15) is 10.2 Å². The number of benzene rings is 1. The van der Waals surface area contributed by atoms with E-state index in [-0.39, 0.29) is 11.5 Å². The van der Waals surface area contributed by atoms with Crippen LogP contribution in [0.4, 0.5) is 0 Å². The van der Waals surface area contributed by atoms with Crippen molar-refractivity contribution in [1.82, 2.24) is 0 Å². The molecular weight excluding hydrogens is 312 g/mol. The highest BCUT2D eigenvalue weighted by molar-refractivity contribution is 9.11. The molecule has 0 atom stereocenters. The number of hydrogen-bond acceptors (Lipinski definition) is 2. The van der Waals surface area contributed by atoms with Crippen molar-refractivity contribution in [2.45, 2.75) is 13.3 Å². The molecule has 1 rings (SSSR count). The maximum Gasteiger partial charge on any atom is 0.134 e. The second kappa shape index (κ2) is 4.36. The molecule has 2 nitrogen and oxygen atoms in total. The number of phenolic OH excluding ortho intramolecular Hbond substituents is 2. The molecule has 1 aromatic carbocycles. The van der Waals surface area contributed by atoms with E-state index in [1.165, 1.54) is 0 Å². The topological polar surface area (TPSA) is 40.5 Å². The van der Waals surface area contributed by atoms with Gasteiger partial charge in [0.15, 0.2) is 0 Å². The summed E-state index contributed by atoms with van der Waals surface area (Å²) in [5, 5.41) is 19.5. The summed E-state index contributed by atoms with van der Waals surface area (Å²) >= 11 is 6.46. The van der Waals surface area contributed by atoms with E-state index in [1.807, 2.05) is 0 Å². The summed E-state index contributed by atoms with van der Waals surface area (Å²) in [6, 6.07) is 0. The SMILES string of the molecule is C=CCc1c(O)c(Br)c(C)c(O)c1Br. The highest BCUT2D eigenvalue weighted by Gasteiger charge is 2.17. The molecule has 0 spiro atoms. The van der Waals surface area contributed by atoms with E-state index in [2.05, 4.69) is 38.4 Å². The quantitative estimate of drug-likeness (QED) is 0.644. The van der Waals surface area contributed by atoms with Crippen molar-refractivity contribution in [3.8, 4) is 11.5 Å². The third-order valence-electron chi connectivity index (χ3n) is 2.00. The predicted molar refractivity (Wildman–Crippen MR) is 63.8 cm³/mol. The van der Waals surface area contributed by atoms with Crippen molar-refractivity contribution in [1.29, 1.82) is 0 Å². The Hall–Kier alpha value is -0.480. The van der Waals surface area contributed by atoms with Gasteiger partial charge in [0.25, 0.3) is 0 Å². The van der Waals surface area contributed by atoms with Gasteiger partial charge in [0.05, 0.1) is 8.95 Å². The van der Waals surface area contributed by atoms with Gasteiger partial charge >= 0.3 is 0 Å². The zero-order valence-electron chi connectivity index (χ0n) is 7.64. The molecule has 0 aliphatic rings. The van der Waals surface area contributed by atoms with Crippen LogP contribution in [0, 0.1) is 6.92 Å². The van der Waals surface area contributed by atoms with Crippen molar-refractivity contribution in [3.63, 3.8) is 0 Å². The fraction of sp³-hybridized carbons (Fsp3) is 0.200. The van der Waals surface area contributed by atoms with E-state index >= 15 is 0 Å². The molecule has 0 heterocycles. The Bertz CT molecular complexity index is 357. The number of allylic oxidation sites excluding steroid dienone is 1. The third-order valence-corrected chi connectivity index (χ3v) is 3.82. The highest BCUT2D eigenvalue weighted by Crippen LogP contribution is 2.43. The van der Waals surface area contributed by atoms with E-state index in [0.29, 0.717) is 26.5 Å². The number of phenols is 2. The van der Waals surface area contributed by atoms with Gasteiger partial charge in [-0.2, -0.15) is 0 Å². The summed E-state index contributed by atoms with van der Waals surface area (Å²) in [7, 11) is 0. The lowest BCUT2D eigenvalue weighted by atomic mass is 10.1. The lowest BCUT2D eigenvalue weighted by molar-refractivity contribution is 0.446. The van der Waals surface area contributed by atoms with Crippen LogP contribution in [-0.2, 0) is 6.42 Å². The van der Waals surface area contributed by atoms with Crippen molar-refractivity contribution < 1.29 is 10.2 Å². The number of halogens is 2. The van der Waals surface area contributed by atoms with Crippen LogP contribution in [0.1, 0.15) is 11.1 Å². The number of rotatable bonds is 2. The minimum Gasteiger partial charge on any atom is -0.506 e. The van der Waals surface area contributed by atoms with Crippen molar-refractivity contribution in [3.05, 3.63) is 32.7 Å². The van der Waals surface area contributed by atoms with Crippen LogP contribution < -0.4 is 0 Å². The standard InChI is InChI=1S/C10H10Br2O2/c1-3-4-6-8(12)9(13)5(2)7(11)10(6)14/h3,13-14H,1,4H2,2H3. The normalized spacial score (nSPS) is 10.2. The first-order valence-corrected chi connectivity index (χ1v) is 5.58. The van der Waals surface area contributed by atoms with Gasteiger partial charge in [-0.3, -0.25) is 0 Å². The Labute approximate surface area is 99.5 Å². The maximum atomic E-state index is 9.78. The molecule has 2 N–H and O–H groups in total. The fourth-order valence-corrected chi connectivity index (χ4v) is 2.23. The van der Waals surface area contributed by atoms with Gasteiger partial charge in [0.2, 0.25) is 0 Å². The Kier molecular flexibility index (Phi) is 3.61. The highest BCUT2D eigenvalue weighted by atomic mass is 79.9. The van der Waals surface area contributed by atoms with Crippen LogP contribution in [0.2, 0.25) is 0 Å². The molecule has 1 aromatic rings. The second-order valence-corrected chi connectivity index (χ2v) is 4.51. The molecule has 0 fully saturated rings. The Morgan fingerprint density at radius 3 is 2.29 bits per heavy atom. The molecule has 14 heavy (non-hydrogen) atoms. The van der Waals surface area contributed by atoms with Crippen molar-refractivity contribution >= 4 is 31.9 Å². The molecule has 0 aromatic heterocycles. The molecule has 4 heteroatoms. The first kappa shape index (κ1) is 11.6. The Morgan fingerprint density at radius 2 is 1.79 bits per heavy atom. The van der Waals surface area contributed by atoms with Crippen LogP contribution in [0.3, 0.4) is 0 Å². The van der Waals surface area contributed by atoms with Crippen LogP contribution in [0.5, 0.6) is 11.5 Å². The van der Waals surface area contributed by atoms with Crippen LogP contribution >= 0.6 is 31.9 Å². The fourth-order valence-electron chi connectivity index (χ4n) is 1.16. The lowest BCUT2D eigenvalue weighted by Gasteiger charge is -2.12. The van der Waals surface area contributed by atoms with E-state index in [1.54, 1.807) is 13.0 Å². The van der Waals surface area contributed by atoms with Gasteiger partial charge < -0.3 is 10.2 Å². The zero-order chi connectivity index (χ0) is 10.9. The molecule has 0 saturated carbocycles. The summed E-state index contributed by atoms with van der Waals surface area (Å²) in [5.41, 5.74) is 1.25. The van der Waals surface area contributed by atoms with E-state index in [4.69, 9.17) is 0 Å². The van der Waals surface area contributed by atoms with E-state index in [0.717, 1.165) is 0 Å². The van der Waals surface area contributed by atoms with Crippen LogP contribution in [0.15, 0.2) is 21.6 Å². The molecule has 0 saturated heterocycles. The summed E-state index contributed by atoms with van der Waals surface area (Å²) in [6.07, 6.45) is 2.17. The molecule has 0 radical (unpaired) electrons. The summed E-state index contributed by atoms with van der Waals surface area (Å²) in [4.78, 5) is 0. The number of hydrogen-bond donors (Lipinski definition) is 2. The third kappa shape index (κ3) is 1.81. The van der Waals surface area contributed by atoms with E-state index < -0.39 is 0 Å².